The second kappa shape index (κ2) is 8.10. The van der Waals surface area contributed by atoms with E-state index in [0.717, 1.165) is 6.42 Å². The van der Waals surface area contributed by atoms with Crippen LogP contribution in [0.25, 0.3) is 0 Å². The maximum atomic E-state index is 12.6. The number of likely N-dealkylation sites (tertiary alicyclic amines) is 1. The quantitative estimate of drug-likeness (QED) is 0.280. The van der Waals surface area contributed by atoms with Crippen LogP contribution in [0.5, 0.6) is 0 Å². The van der Waals surface area contributed by atoms with Crippen molar-refractivity contribution in [3.05, 3.63) is 12.2 Å². The van der Waals surface area contributed by atoms with E-state index in [2.05, 4.69) is 27.8 Å². The Morgan fingerprint density at radius 3 is 2.29 bits per heavy atom. The SMILES string of the molecule is CN=C(NCCN(C)CC(F)(F)F)NCCN1C(=O)C2C3C=CC(C3)C2C1=O. The number of guanidine groups is 1. The van der Waals surface area contributed by atoms with E-state index >= 15 is 0 Å². The molecule has 28 heavy (non-hydrogen) atoms. The zero-order valence-electron chi connectivity index (χ0n) is 16.0. The molecule has 1 saturated heterocycles. The third-order valence-electron chi connectivity index (χ3n) is 5.65. The molecular formula is C18H26F3N5O2. The van der Waals surface area contributed by atoms with Gasteiger partial charge in [-0.1, -0.05) is 12.2 Å². The molecule has 1 heterocycles. The first-order valence-corrected chi connectivity index (χ1v) is 9.44. The van der Waals surface area contributed by atoms with E-state index in [0.29, 0.717) is 12.5 Å². The molecule has 0 aromatic rings. The second-order valence-electron chi connectivity index (χ2n) is 7.61. The van der Waals surface area contributed by atoms with E-state index in [1.807, 2.05) is 0 Å². The van der Waals surface area contributed by atoms with Crippen molar-refractivity contribution in [1.82, 2.24) is 20.4 Å². The van der Waals surface area contributed by atoms with E-state index in [1.165, 1.54) is 16.8 Å². The van der Waals surface area contributed by atoms with Gasteiger partial charge in [0.1, 0.15) is 0 Å². The lowest BCUT2D eigenvalue weighted by molar-refractivity contribution is -0.143. The van der Waals surface area contributed by atoms with Crippen LogP contribution in [0.15, 0.2) is 17.1 Å². The number of amides is 2. The number of likely N-dealkylation sites (N-methyl/N-ethyl adjacent to an activating group) is 1. The zero-order chi connectivity index (χ0) is 20.5. The Kier molecular flexibility index (Phi) is 5.97. The number of hydrogen-bond acceptors (Lipinski definition) is 4. The van der Waals surface area contributed by atoms with Crippen LogP contribution in [-0.2, 0) is 9.59 Å². The van der Waals surface area contributed by atoms with Gasteiger partial charge in [0.15, 0.2) is 5.96 Å². The van der Waals surface area contributed by atoms with E-state index in [4.69, 9.17) is 0 Å². The first-order chi connectivity index (χ1) is 13.2. The molecule has 2 fully saturated rings. The van der Waals surface area contributed by atoms with Crippen molar-refractivity contribution >= 4 is 17.8 Å². The molecule has 156 valence electrons. The molecular weight excluding hydrogens is 375 g/mol. The minimum absolute atomic E-state index is 0.0922. The van der Waals surface area contributed by atoms with Crippen LogP contribution in [0.2, 0.25) is 0 Å². The number of alkyl halides is 3. The molecule has 0 aromatic heterocycles. The smallest absolute Gasteiger partial charge is 0.355 e. The molecule has 2 amide bonds. The van der Waals surface area contributed by atoms with Crippen molar-refractivity contribution in [3.8, 4) is 0 Å². The van der Waals surface area contributed by atoms with Gasteiger partial charge in [0.05, 0.1) is 18.4 Å². The highest BCUT2D eigenvalue weighted by Crippen LogP contribution is 2.52. The van der Waals surface area contributed by atoms with E-state index in [1.54, 1.807) is 7.05 Å². The summed E-state index contributed by atoms with van der Waals surface area (Å²) in [4.78, 5) is 31.7. The van der Waals surface area contributed by atoms with Crippen molar-refractivity contribution in [2.75, 3.05) is 46.8 Å². The summed E-state index contributed by atoms with van der Waals surface area (Å²) in [5, 5.41) is 5.93. The molecule has 2 N–H and O–H groups in total. The molecule has 2 bridgehead atoms. The Balaban J connectivity index is 1.39. The van der Waals surface area contributed by atoms with Gasteiger partial charge in [-0.05, 0) is 25.3 Å². The molecule has 1 aliphatic heterocycles. The van der Waals surface area contributed by atoms with Gasteiger partial charge >= 0.3 is 6.18 Å². The van der Waals surface area contributed by atoms with Crippen LogP contribution in [0.1, 0.15) is 6.42 Å². The summed E-state index contributed by atoms with van der Waals surface area (Å²) in [6.45, 7) is 0.0883. The number of nitrogens with zero attached hydrogens (tertiary/aromatic N) is 3. The lowest BCUT2D eigenvalue weighted by Gasteiger charge is -2.20. The summed E-state index contributed by atoms with van der Waals surface area (Å²) in [7, 11) is 2.95. The molecule has 3 aliphatic rings. The van der Waals surface area contributed by atoms with Crippen LogP contribution in [0, 0.1) is 23.7 Å². The van der Waals surface area contributed by atoms with Crippen LogP contribution in [0.3, 0.4) is 0 Å². The summed E-state index contributed by atoms with van der Waals surface area (Å²) in [5.41, 5.74) is 0. The van der Waals surface area contributed by atoms with Crippen molar-refractivity contribution in [2.45, 2.75) is 12.6 Å². The number of fused-ring (bicyclic) bond motifs is 5. The van der Waals surface area contributed by atoms with Gasteiger partial charge in [-0.15, -0.1) is 0 Å². The van der Waals surface area contributed by atoms with Gasteiger partial charge in [0.25, 0.3) is 0 Å². The molecule has 2 aliphatic carbocycles. The molecule has 0 aromatic carbocycles. The number of imide groups is 1. The second-order valence-corrected chi connectivity index (χ2v) is 7.61. The topological polar surface area (TPSA) is 77.0 Å². The summed E-state index contributed by atoms with van der Waals surface area (Å²) in [6.07, 6.45) is 0.787. The van der Waals surface area contributed by atoms with E-state index in [9.17, 15) is 22.8 Å². The molecule has 0 radical (unpaired) electrons. The zero-order valence-corrected chi connectivity index (χ0v) is 16.0. The number of allylic oxidation sites excluding steroid dienone is 2. The molecule has 0 spiro atoms. The number of carbonyl (C=O) groups excluding carboxylic acids is 2. The van der Waals surface area contributed by atoms with Gasteiger partial charge in [0.2, 0.25) is 11.8 Å². The Hall–Kier alpha value is -2.10. The molecule has 4 atom stereocenters. The van der Waals surface area contributed by atoms with E-state index in [-0.39, 0.29) is 55.1 Å². The predicted molar refractivity (Wildman–Crippen MR) is 97.4 cm³/mol. The van der Waals surface area contributed by atoms with Gasteiger partial charge in [-0.3, -0.25) is 24.4 Å². The molecule has 1 saturated carbocycles. The largest absolute Gasteiger partial charge is 0.401 e. The average Bonchev–Trinajstić information content (AvgIpc) is 3.28. The van der Waals surface area contributed by atoms with Gasteiger partial charge in [-0.25, -0.2) is 0 Å². The fourth-order valence-electron chi connectivity index (χ4n) is 4.44. The van der Waals surface area contributed by atoms with Crippen LogP contribution < -0.4 is 10.6 Å². The fraction of sp³-hybridized carbons (Fsp3) is 0.722. The standard InChI is InChI=1S/C18H26F3N5O2/c1-22-17(23-5-7-25(2)10-18(19,20)21)24-6-8-26-15(27)13-11-3-4-12(9-11)14(13)16(26)28/h3-4,11-14H,5-10H2,1-2H3,(H2,22,23,24). The highest BCUT2D eigenvalue weighted by atomic mass is 19.4. The first kappa shape index (κ1) is 20.6. The molecule has 4 unspecified atom stereocenters. The first-order valence-electron chi connectivity index (χ1n) is 9.44. The number of halogens is 3. The summed E-state index contributed by atoms with van der Waals surface area (Å²) >= 11 is 0. The van der Waals surface area contributed by atoms with Crippen LogP contribution in [0.4, 0.5) is 13.2 Å². The Morgan fingerprint density at radius 1 is 1.18 bits per heavy atom. The third kappa shape index (κ3) is 4.31. The predicted octanol–water partition coefficient (Wildman–Crippen LogP) is 0.453. The minimum Gasteiger partial charge on any atom is -0.355 e. The van der Waals surface area contributed by atoms with Crippen LogP contribution in [-0.4, -0.2) is 80.6 Å². The Bertz CT molecular complexity index is 649. The highest BCUT2D eigenvalue weighted by Gasteiger charge is 2.58. The number of carbonyl (C=O) groups is 2. The molecule has 7 nitrogen and oxygen atoms in total. The molecule has 3 rings (SSSR count). The van der Waals surface area contributed by atoms with Crippen LogP contribution >= 0.6 is 0 Å². The lowest BCUT2D eigenvalue weighted by atomic mass is 9.85. The summed E-state index contributed by atoms with van der Waals surface area (Å²) < 4.78 is 36.9. The maximum absolute atomic E-state index is 12.6. The average molecular weight is 401 g/mol. The summed E-state index contributed by atoms with van der Waals surface area (Å²) in [6, 6.07) is 0. The third-order valence-corrected chi connectivity index (χ3v) is 5.65. The Labute approximate surface area is 162 Å². The molecule has 10 heteroatoms. The number of aliphatic imine (C=N–C) groups is 1. The number of nitrogens with one attached hydrogen (secondary N) is 2. The minimum atomic E-state index is -4.23. The van der Waals surface area contributed by atoms with Crippen molar-refractivity contribution in [3.63, 3.8) is 0 Å². The van der Waals surface area contributed by atoms with E-state index < -0.39 is 12.7 Å². The van der Waals surface area contributed by atoms with Gasteiger partial charge in [0, 0.05) is 33.2 Å². The highest BCUT2D eigenvalue weighted by molar-refractivity contribution is 6.06. The summed E-state index contributed by atoms with van der Waals surface area (Å²) in [5.74, 6) is 0.199. The van der Waals surface area contributed by atoms with Gasteiger partial charge < -0.3 is 10.6 Å². The monoisotopic (exact) mass is 401 g/mol. The lowest BCUT2D eigenvalue weighted by Crippen LogP contribution is -2.45. The Morgan fingerprint density at radius 2 is 1.75 bits per heavy atom. The number of rotatable bonds is 7. The van der Waals surface area contributed by atoms with Gasteiger partial charge in [-0.2, -0.15) is 13.2 Å². The maximum Gasteiger partial charge on any atom is 0.401 e. The van der Waals surface area contributed by atoms with Crippen molar-refractivity contribution in [1.29, 1.82) is 0 Å². The van der Waals surface area contributed by atoms with Crippen molar-refractivity contribution < 1.29 is 22.8 Å². The fourth-order valence-corrected chi connectivity index (χ4v) is 4.44. The number of hydrogen-bond donors (Lipinski definition) is 2. The normalized spacial score (nSPS) is 29.2. The van der Waals surface area contributed by atoms with Crippen molar-refractivity contribution in [2.24, 2.45) is 28.7 Å².